The Morgan fingerprint density at radius 1 is 0.481 bits per heavy atom. The van der Waals surface area contributed by atoms with Crippen molar-refractivity contribution in [2.75, 3.05) is 19.9 Å². The number of esters is 2. The van der Waals surface area contributed by atoms with Crippen molar-refractivity contribution in [2.45, 2.75) is 134 Å². The molecule has 5 fully saturated rings. The number of ketones is 3. The van der Waals surface area contributed by atoms with E-state index in [1.54, 1.807) is 118 Å². The van der Waals surface area contributed by atoms with E-state index in [0.29, 0.717) is 18.1 Å². The fraction of sp³-hybridized carbons (Fsp3) is 0.318. The molecule has 2 aromatic heterocycles. The number of aromatic nitrogens is 4. The molecule has 129 heavy (non-hydrogen) atoms. The average molecular weight is 2120 g/mol. The third kappa shape index (κ3) is 19.0. The van der Waals surface area contributed by atoms with Gasteiger partial charge in [0, 0.05) is 58.7 Å². The van der Waals surface area contributed by atoms with E-state index in [1.165, 1.54) is 86.9 Å². The van der Waals surface area contributed by atoms with Crippen LogP contribution < -0.4 is 22.5 Å². The summed E-state index contributed by atoms with van der Waals surface area (Å²) in [7, 11) is 0. The third-order valence-corrected chi connectivity index (χ3v) is 24.5. The molecule has 41 heteroatoms. The number of nitrogens with zero attached hydrogens (tertiary/aromatic N) is 7. The molecule has 672 valence electrons. The highest BCUT2D eigenvalue weighted by Crippen LogP contribution is 2.54. The lowest BCUT2D eigenvalue weighted by Gasteiger charge is -2.33. The van der Waals surface area contributed by atoms with Gasteiger partial charge in [-0.1, -0.05) is 191 Å². The summed E-state index contributed by atoms with van der Waals surface area (Å²) in [6, 6.07) is 32.8. The van der Waals surface area contributed by atoms with Crippen LogP contribution in [0.1, 0.15) is 87.0 Å². The predicted octanol–water partition coefficient (Wildman–Crippen LogP) is 2.51. The molecule has 6 aromatic rings. The number of carbonyl (C=O) groups excluding carboxylic acids is 10. The van der Waals surface area contributed by atoms with Gasteiger partial charge in [-0.25, -0.2) is 32.3 Å². The zero-order valence-electron chi connectivity index (χ0n) is 67.3. The Kier molecular flexibility index (Phi) is 30.7. The van der Waals surface area contributed by atoms with Gasteiger partial charge in [-0.05, 0) is 66.8 Å². The van der Waals surface area contributed by atoms with Crippen molar-refractivity contribution < 1.29 is 130 Å². The molecule has 0 radical (unpaired) electrons. The standard InChI is InChI=1S/C26H20FIN2O6.C26H21FN2O7.C12H11FINO5.C12H12INO5.C12H11NO5/c1-3-25(35-22(33)19-12-8-5-9-13-19)17(2)26(27,16-28)36-23(25)29-15-14-20(31)30(24(29)34)21(32)18-10-6-4-7-11-18;1-3-25(35-22(33)19-12-8-5-9-13-19)17(2)26(27,16-30)36-23(25)28-15-14-20(31)29(24(28)34)21(32)18-10-6-4-7-11-18;1-2-11(19)9(18)12(13,6-14)20-10(11)15-4-3-7(16)5-8(15)17;1-2-12(18)10(17)8(6-13)19-11(12)14-4-3-7(15)5-9(14)16;1-3-12(17)10(16)7(2)18-11(12)13-5-4-8(14)6-9(13)15/h1,4-15,17,23H,16H2,2H3;1,4-15,17,23,30H,16H2,2H3;1,3-4,9-10,18-19H,5-6H2;1,3-4,8,10-11,17-18H,5-6H2;1,4-5,10-11,16-17H,2,6H2/t2*17-,23+,25+,26+;9-,10+,11+,12+;8-,10-,11-,12-;10-,11-,12-/m00011/s1. The molecular weight excluding hydrogens is 2040 g/mol. The number of hydrogen-bond acceptors (Lipinski definition) is 28. The van der Waals surface area contributed by atoms with Gasteiger partial charge in [0.15, 0.2) is 60.1 Å². The number of halogens is 6. The molecule has 14 rings (SSSR count). The van der Waals surface area contributed by atoms with Crippen LogP contribution in [0.3, 0.4) is 0 Å². The maximum absolute atomic E-state index is 15.9. The number of amides is 3. The van der Waals surface area contributed by atoms with E-state index in [4.69, 9.17) is 65.3 Å². The minimum absolute atomic E-state index is 0.0454. The molecule has 19 atom stereocenters. The van der Waals surface area contributed by atoms with E-state index in [9.17, 15) is 107 Å². The number of alkyl halides is 6. The summed E-state index contributed by atoms with van der Waals surface area (Å²) in [6.07, 6.45) is 22.0. The summed E-state index contributed by atoms with van der Waals surface area (Å²) in [4.78, 5) is 175. The van der Waals surface area contributed by atoms with Crippen molar-refractivity contribution in [3.8, 4) is 61.7 Å². The van der Waals surface area contributed by atoms with Gasteiger partial charge in [0.1, 0.15) is 18.5 Å². The highest BCUT2D eigenvalue weighted by Gasteiger charge is 2.69. The van der Waals surface area contributed by atoms with Crippen molar-refractivity contribution >= 4 is 127 Å². The van der Waals surface area contributed by atoms with Crippen molar-refractivity contribution in [1.82, 2.24) is 33.0 Å². The molecule has 35 nitrogen and oxygen atoms in total. The fourth-order valence-electron chi connectivity index (χ4n) is 14.1. The van der Waals surface area contributed by atoms with Gasteiger partial charge in [-0.3, -0.25) is 71.8 Å². The summed E-state index contributed by atoms with van der Waals surface area (Å²) in [6.45, 7) is 4.90. The molecule has 4 aromatic carbocycles. The van der Waals surface area contributed by atoms with Crippen molar-refractivity contribution in [1.29, 1.82) is 0 Å². The number of aliphatic hydroxyl groups excluding tert-OH is 4. The van der Waals surface area contributed by atoms with Crippen LogP contribution in [0.4, 0.5) is 13.2 Å². The first-order valence-electron chi connectivity index (χ1n) is 38.0. The topological polar surface area (TPSA) is 475 Å². The Morgan fingerprint density at radius 2 is 0.829 bits per heavy atom. The van der Waals surface area contributed by atoms with Gasteiger partial charge in [0.2, 0.25) is 63.9 Å². The van der Waals surface area contributed by atoms with Crippen LogP contribution in [0.5, 0.6) is 0 Å². The number of terminal acetylenes is 5. The molecule has 8 aliphatic heterocycles. The monoisotopic (exact) mass is 2120 g/mol. The number of ether oxygens (including phenoxy) is 7. The Hall–Kier alpha value is -12.0. The molecule has 0 saturated carbocycles. The quantitative estimate of drug-likeness (QED) is 0.0255. The molecule has 0 spiro atoms. The molecule has 5 saturated heterocycles. The highest BCUT2D eigenvalue weighted by atomic mass is 127. The van der Waals surface area contributed by atoms with Crippen molar-refractivity contribution in [2.24, 2.45) is 11.8 Å². The SMILES string of the molecule is C#C[C@@]1(O)[C@H](O)C(=C)O[C@H]1N1C=CC(=O)CC1=O.C#C[C@@]1(O)[C@H](O)[C@@H](CI)O[C@H]1N1C=CC(=O)CC1=O.C#C[C@]1(O)[C@H](N2C=CC(=O)CC2=O)O[C@](F)(CI)[C@H]1O.C#C[C@]1(OC(=O)c2ccccc2)[C@H](n2ccc(=O)n(C(=O)c3ccccc3)c2=O)O[C@](F)(CI)[C@H]1C.C#C[C@]1(OC(=O)c2ccccc2)[C@H](n2ccc(=O)n(C(=O)c3ccccc3)c2=O)O[C@](F)(CO)[C@H]1C. The summed E-state index contributed by atoms with van der Waals surface area (Å²) in [5.41, 5.74) is -14.6. The maximum Gasteiger partial charge on any atom is 0.340 e. The van der Waals surface area contributed by atoms with Crippen LogP contribution in [-0.2, 0) is 61.9 Å². The maximum atomic E-state index is 15.9. The Labute approximate surface area is 770 Å². The van der Waals surface area contributed by atoms with Gasteiger partial charge in [-0.15, -0.1) is 32.1 Å². The number of hydrogen-bond donors (Lipinski definition) is 7. The number of allylic oxidation sites excluding steroid dienone is 3. The molecule has 7 N–H and O–H groups in total. The number of benzene rings is 4. The van der Waals surface area contributed by atoms with Crippen LogP contribution in [0, 0.1) is 73.6 Å². The van der Waals surface area contributed by atoms with Crippen LogP contribution in [0.2, 0.25) is 0 Å². The lowest BCUT2D eigenvalue weighted by Crippen LogP contribution is -2.55. The predicted molar refractivity (Wildman–Crippen MR) is 467 cm³/mol. The number of rotatable bonds is 15. The molecule has 10 heterocycles. The zero-order chi connectivity index (χ0) is 95.0. The Bertz CT molecular complexity index is 5800. The lowest BCUT2D eigenvalue weighted by atomic mass is 9.85. The molecular formula is C88H75F3I3N7O28. The Morgan fingerprint density at radius 3 is 1.18 bits per heavy atom. The molecule has 0 bridgehead atoms. The van der Waals surface area contributed by atoms with E-state index in [2.05, 4.69) is 24.3 Å². The average Bonchev–Trinajstić information content (AvgIpc) is 1.55. The first kappa shape index (κ1) is 99.2. The summed E-state index contributed by atoms with van der Waals surface area (Å²) in [5.74, 6) is -6.52. The normalized spacial score (nSPS) is 31.1. The van der Waals surface area contributed by atoms with Crippen LogP contribution >= 0.6 is 67.8 Å². The second-order valence-electron chi connectivity index (χ2n) is 29.3. The van der Waals surface area contributed by atoms with Gasteiger partial charge < -0.3 is 68.9 Å². The molecule has 8 aliphatic rings. The van der Waals surface area contributed by atoms with Gasteiger partial charge in [-0.2, -0.15) is 9.13 Å². The van der Waals surface area contributed by atoms with Gasteiger partial charge >= 0.3 is 23.3 Å². The lowest BCUT2D eigenvalue weighted by molar-refractivity contribution is -0.193. The minimum atomic E-state index is -2.82. The second kappa shape index (κ2) is 40.0. The van der Waals surface area contributed by atoms with E-state index >= 15 is 8.78 Å². The van der Waals surface area contributed by atoms with Gasteiger partial charge in [0.05, 0.1) is 57.2 Å². The fourth-order valence-corrected chi connectivity index (χ4v) is 16.2. The first-order valence-corrected chi connectivity index (χ1v) is 42.6. The van der Waals surface area contributed by atoms with E-state index in [-0.39, 0.29) is 61.3 Å². The largest absolute Gasteiger partial charge is 0.468 e. The van der Waals surface area contributed by atoms with E-state index in [0.717, 1.165) is 56.1 Å². The highest BCUT2D eigenvalue weighted by molar-refractivity contribution is 14.1. The zero-order valence-corrected chi connectivity index (χ0v) is 73.8. The third-order valence-electron chi connectivity index (χ3n) is 21.5. The second-order valence-corrected chi connectivity index (χ2v) is 31.7. The molecule has 0 unspecified atom stereocenters. The van der Waals surface area contributed by atoms with Crippen LogP contribution in [-0.4, -0.2) is 236 Å². The van der Waals surface area contributed by atoms with E-state index in [1.807, 2.05) is 34.4 Å². The van der Waals surface area contributed by atoms with Gasteiger partial charge in [0.25, 0.3) is 22.9 Å². The Balaban J connectivity index is 0.000000174. The number of aliphatic hydroxyl groups is 7. The first-order chi connectivity index (χ1) is 61.0. The van der Waals surface area contributed by atoms with Crippen LogP contribution in [0.15, 0.2) is 214 Å². The van der Waals surface area contributed by atoms with Crippen LogP contribution in [0.25, 0.3) is 0 Å². The summed E-state index contributed by atoms with van der Waals surface area (Å²) >= 11 is 5.38. The molecule has 0 aliphatic carbocycles. The summed E-state index contributed by atoms with van der Waals surface area (Å²) in [5, 5.41) is 70.1. The molecule has 3 amide bonds. The van der Waals surface area contributed by atoms with Crippen molar-refractivity contribution in [3.63, 3.8) is 0 Å². The van der Waals surface area contributed by atoms with E-state index < -0.39 is 196 Å². The number of carbonyl (C=O) groups is 10. The van der Waals surface area contributed by atoms with Crippen molar-refractivity contribution in [3.05, 3.63) is 259 Å². The smallest absolute Gasteiger partial charge is 0.340 e. The summed E-state index contributed by atoms with van der Waals surface area (Å²) < 4.78 is 86.0. The minimum Gasteiger partial charge on any atom is -0.468 e.